The van der Waals surface area contributed by atoms with Gasteiger partial charge in [-0.25, -0.2) is 0 Å². The third-order valence-corrected chi connectivity index (χ3v) is 4.24. The second-order valence-electron chi connectivity index (χ2n) is 5.35. The number of hydrogen-bond donors (Lipinski definition) is 1. The normalized spacial score (nSPS) is 17.6. The third-order valence-electron chi connectivity index (χ3n) is 4.24. The lowest BCUT2D eigenvalue weighted by Gasteiger charge is -2.23. The fourth-order valence-corrected chi connectivity index (χ4v) is 2.85. The third kappa shape index (κ3) is 1.89. The Bertz CT molecular complexity index is 376. The largest absolute Gasteiger partial charge is 0.330 e. The van der Waals surface area contributed by atoms with Crippen LogP contribution in [0.4, 0.5) is 0 Å². The maximum absolute atomic E-state index is 5.98. The highest BCUT2D eigenvalue weighted by Gasteiger charge is 2.33. The average molecular weight is 217 g/mol. The van der Waals surface area contributed by atoms with Crippen molar-refractivity contribution in [3.63, 3.8) is 0 Å². The molecule has 0 heterocycles. The van der Waals surface area contributed by atoms with Gasteiger partial charge in [0.15, 0.2) is 0 Å². The average Bonchev–Trinajstić information content (AvgIpc) is 3.05. The van der Waals surface area contributed by atoms with Gasteiger partial charge in [-0.3, -0.25) is 0 Å². The van der Waals surface area contributed by atoms with Gasteiger partial charge < -0.3 is 5.73 Å². The summed E-state index contributed by atoms with van der Waals surface area (Å²) in [4.78, 5) is 0. The Kier molecular flexibility index (Phi) is 3.07. The molecule has 1 aliphatic carbocycles. The summed E-state index contributed by atoms with van der Waals surface area (Å²) >= 11 is 0. The van der Waals surface area contributed by atoms with Crippen molar-refractivity contribution in [2.24, 2.45) is 11.7 Å². The van der Waals surface area contributed by atoms with Crippen LogP contribution in [0, 0.1) is 33.6 Å². The van der Waals surface area contributed by atoms with Gasteiger partial charge in [0.05, 0.1) is 0 Å². The van der Waals surface area contributed by atoms with Crippen molar-refractivity contribution in [1.82, 2.24) is 0 Å². The molecule has 1 aromatic rings. The van der Waals surface area contributed by atoms with Crippen molar-refractivity contribution in [2.75, 3.05) is 6.54 Å². The number of benzene rings is 1. The van der Waals surface area contributed by atoms with Crippen molar-refractivity contribution in [3.05, 3.63) is 33.9 Å². The first kappa shape index (κ1) is 11.7. The molecule has 0 amide bonds. The summed E-state index contributed by atoms with van der Waals surface area (Å²) in [5, 5.41) is 0. The second kappa shape index (κ2) is 4.21. The molecule has 1 aromatic carbocycles. The van der Waals surface area contributed by atoms with E-state index in [-0.39, 0.29) is 0 Å². The fourth-order valence-electron chi connectivity index (χ4n) is 2.85. The molecule has 1 heteroatoms. The summed E-state index contributed by atoms with van der Waals surface area (Å²) in [6, 6.07) is 2.30. The van der Waals surface area contributed by atoms with Gasteiger partial charge >= 0.3 is 0 Å². The van der Waals surface area contributed by atoms with Crippen molar-refractivity contribution >= 4 is 0 Å². The zero-order chi connectivity index (χ0) is 11.9. The Morgan fingerprint density at radius 3 is 2.00 bits per heavy atom. The molecular weight excluding hydrogens is 194 g/mol. The maximum Gasteiger partial charge on any atom is -0.000510 e. The monoisotopic (exact) mass is 217 g/mol. The van der Waals surface area contributed by atoms with Gasteiger partial charge in [-0.1, -0.05) is 6.07 Å². The van der Waals surface area contributed by atoms with E-state index in [9.17, 15) is 0 Å². The van der Waals surface area contributed by atoms with E-state index >= 15 is 0 Å². The quantitative estimate of drug-likeness (QED) is 0.825. The minimum atomic E-state index is 0.596. The lowest BCUT2D eigenvalue weighted by Crippen LogP contribution is -2.17. The fraction of sp³-hybridized carbons (Fsp3) is 0.600. The Morgan fingerprint density at radius 2 is 1.62 bits per heavy atom. The Balaban J connectivity index is 2.52. The van der Waals surface area contributed by atoms with Crippen molar-refractivity contribution < 1.29 is 0 Å². The van der Waals surface area contributed by atoms with Crippen LogP contribution < -0.4 is 5.73 Å². The summed E-state index contributed by atoms with van der Waals surface area (Å²) in [5.41, 5.74) is 13.3. The highest BCUT2D eigenvalue weighted by molar-refractivity contribution is 5.46. The molecule has 0 saturated heterocycles. The van der Waals surface area contributed by atoms with Crippen LogP contribution in [0.15, 0.2) is 6.07 Å². The minimum absolute atomic E-state index is 0.596. The predicted octanol–water partition coefficient (Wildman–Crippen LogP) is 3.37. The molecule has 1 nitrogen and oxygen atoms in total. The van der Waals surface area contributed by atoms with Crippen molar-refractivity contribution in [1.29, 1.82) is 0 Å². The molecule has 1 atom stereocenters. The molecular formula is C15H23N. The standard InChI is InChI=1S/C15H23N/c1-9-7-10(2)12(4)15(11(9)3)14(8-16)13-5-6-13/h7,13-14H,5-6,8,16H2,1-4H3. The van der Waals surface area contributed by atoms with E-state index in [1.165, 1.54) is 35.1 Å². The number of nitrogens with two attached hydrogens (primary N) is 1. The van der Waals surface area contributed by atoms with E-state index in [0.29, 0.717) is 5.92 Å². The molecule has 16 heavy (non-hydrogen) atoms. The van der Waals surface area contributed by atoms with Crippen LogP contribution in [0.1, 0.15) is 46.6 Å². The lowest BCUT2D eigenvalue weighted by molar-refractivity contribution is 0.608. The van der Waals surface area contributed by atoms with Crippen molar-refractivity contribution in [2.45, 2.75) is 46.5 Å². The smallest absolute Gasteiger partial charge is 0.000510 e. The molecule has 0 bridgehead atoms. The van der Waals surface area contributed by atoms with Crippen LogP contribution in [-0.2, 0) is 0 Å². The number of rotatable bonds is 3. The SMILES string of the molecule is Cc1cc(C)c(C)c(C(CN)C2CC2)c1C. The lowest BCUT2D eigenvalue weighted by atomic mass is 9.83. The molecule has 1 aliphatic rings. The van der Waals surface area contributed by atoms with Gasteiger partial charge in [0, 0.05) is 0 Å². The van der Waals surface area contributed by atoms with E-state index in [2.05, 4.69) is 33.8 Å². The number of aryl methyl sites for hydroxylation is 2. The molecule has 0 radical (unpaired) electrons. The molecule has 0 spiro atoms. The highest BCUT2D eigenvalue weighted by Crippen LogP contribution is 2.44. The van der Waals surface area contributed by atoms with Crippen LogP contribution in [0.2, 0.25) is 0 Å². The second-order valence-corrected chi connectivity index (χ2v) is 5.35. The topological polar surface area (TPSA) is 26.0 Å². The summed E-state index contributed by atoms with van der Waals surface area (Å²) in [6.45, 7) is 9.73. The van der Waals surface area contributed by atoms with E-state index < -0.39 is 0 Å². The Hall–Kier alpha value is -0.820. The van der Waals surface area contributed by atoms with Crippen molar-refractivity contribution in [3.8, 4) is 0 Å². The highest BCUT2D eigenvalue weighted by atomic mass is 14.6. The molecule has 0 aromatic heterocycles. The summed E-state index contributed by atoms with van der Waals surface area (Å²) in [6.07, 6.45) is 2.74. The zero-order valence-corrected chi connectivity index (χ0v) is 10.9. The van der Waals surface area contributed by atoms with Crippen LogP contribution in [0.25, 0.3) is 0 Å². The van der Waals surface area contributed by atoms with E-state index in [0.717, 1.165) is 12.5 Å². The zero-order valence-electron chi connectivity index (χ0n) is 10.9. The first-order valence-corrected chi connectivity index (χ1v) is 6.33. The summed E-state index contributed by atoms with van der Waals surface area (Å²) < 4.78 is 0. The Labute approximate surface area is 99.0 Å². The molecule has 2 N–H and O–H groups in total. The van der Waals surface area contributed by atoms with Gasteiger partial charge in [-0.2, -0.15) is 0 Å². The van der Waals surface area contributed by atoms with Crippen LogP contribution in [-0.4, -0.2) is 6.54 Å². The molecule has 1 saturated carbocycles. The van der Waals surface area contributed by atoms with Gasteiger partial charge in [0.1, 0.15) is 0 Å². The van der Waals surface area contributed by atoms with Gasteiger partial charge in [0.2, 0.25) is 0 Å². The van der Waals surface area contributed by atoms with Gasteiger partial charge in [-0.05, 0) is 86.7 Å². The summed E-state index contributed by atoms with van der Waals surface area (Å²) in [5.74, 6) is 1.45. The first-order valence-electron chi connectivity index (χ1n) is 6.33. The summed E-state index contributed by atoms with van der Waals surface area (Å²) in [7, 11) is 0. The van der Waals surface area contributed by atoms with E-state index in [1.807, 2.05) is 0 Å². The maximum atomic E-state index is 5.98. The number of hydrogen-bond acceptors (Lipinski definition) is 1. The molecule has 2 rings (SSSR count). The molecule has 88 valence electrons. The Morgan fingerprint density at radius 1 is 1.12 bits per heavy atom. The minimum Gasteiger partial charge on any atom is -0.330 e. The van der Waals surface area contributed by atoms with Gasteiger partial charge in [0.25, 0.3) is 0 Å². The van der Waals surface area contributed by atoms with Crippen LogP contribution >= 0.6 is 0 Å². The van der Waals surface area contributed by atoms with Crippen LogP contribution in [0.5, 0.6) is 0 Å². The van der Waals surface area contributed by atoms with E-state index in [1.54, 1.807) is 5.56 Å². The molecule has 0 aliphatic heterocycles. The predicted molar refractivity (Wildman–Crippen MR) is 69.9 cm³/mol. The van der Waals surface area contributed by atoms with E-state index in [4.69, 9.17) is 5.73 Å². The van der Waals surface area contributed by atoms with Crippen LogP contribution in [0.3, 0.4) is 0 Å². The van der Waals surface area contributed by atoms with Gasteiger partial charge in [-0.15, -0.1) is 0 Å². The molecule has 1 fully saturated rings. The molecule has 1 unspecified atom stereocenters. The first-order chi connectivity index (χ1) is 7.56.